The van der Waals surface area contributed by atoms with Gasteiger partial charge >= 0.3 is 0 Å². The molecule has 2 unspecified atom stereocenters. The first-order valence-electron chi connectivity index (χ1n) is 6.35. The number of hydrogen-bond acceptors (Lipinski definition) is 3. The van der Waals surface area contributed by atoms with Gasteiger partial charge in [-0.25, -0.2) is 0 Å². The molecule has 1 N–H and O–H groups in total. The highest BCUT2D eigenvalue weighted by Crippen LogP contribution is 2.19. The van der Waals surface area contributed by atoms with E-state index in [4.69, 9.17) is 16.3 Å². The van der Waals surface area contributed by atoms with Crippen LogP contribution >= 0.6 is 11.6 Å². The lowest BCUT2D eigenvalue weighted by Crippen LogP contribution is -2.30. The maximum Gasteiger partial charge on any atom is 0.0917 e. The number of hydrogen-bond donors (Lipinski definition) is 1. The quantitative estimate of drug-likeness (QED) is 0.891. The Hall–Kier alpha value is -0.610. The van der Waals surface area contributed by atoms with Crippen molar-refractivity contribution in [3.8, 4) is 0 Å². The largest absolute Gasteiger partial charge is 0.387 e. The van der Waals surface area contributed by atoms with Crippen molar-refractivity contribution in [3.05, 3.63) is 34.9 Å². The Kier molecular flexibility index (Phi) is 5.01. The van der Waals surface area contributed by atoms with Gasteiger partial charge in [0, 0.05) is 24.7 Å². The highest BCUT2D eigenvalue weighted by molar-refractivity contribution is 6.30. The average molecular weight is 270 g/mol. The summed E-state index contributed by atoms with van der Waals surface area (Å²) < 4.78 is 5.36. The third-order valence-electron chi connectivity index (χ3n) is 3.31. The van der Waals surface area contributed by atoms with E-state index in [9.17, 15) is 5.11 Å². The van der Waals surface area contributed by atoms with E-state index >= 15 is 0 Å². The lowest BCUT2D eigenvalue weighted by molar-refractivity contribution is 0.113. The Morgan fingerprint density at radius 1 is 1.56 bits per heavy atom. The van der Waals surface area contributed by atoms with E-state index in [0.717, 1.165) is 31.7 Å². The zero-order valence-electron chi connectivity index (χ0n) is 10.7. The maximum absolute atomic E-state index is 10.2. The Morgan fingerprint density at radius 3 is 3.06 bits per heavy atom. The third-order valence-corrected chi connectivity index (χ3v) is 3.55. The van der Waals surface area contributed by atoms with Crippen LogP contribution in [0.1, 0.15) is 18.1 Å². The normalized spacial score (nSPS) is 21.4. The lowest BCUT2D eigenvalue weighted by atomic mass is 10.1. The SMILES string of the molecule is CN(CC1CCOC1)CC(O)c1cccc(Cl)c1. The van der Waals surface area contributed by atoms with Gasteiger partial charge in [-0.15, -0.1) is 0 Å². The fourth-order valence-electron chi connectivity index (χ4n) is 2.36. The molecule has 3 nitrogen and oxygen atoms in total. The summed E-state index contributed by atoms with van der Waals surface area (Å²) in [5, 5.41) is 10.8. The molecule has 0 amide bonds. The molecule has 0 aliphatic carbocycles. The van der Waals surface area contributed by atoms with Crippen molar-refractivity contribution in [2.45, 2.75) is 12.5 Å². The lowest BCUT2D eigenvalue weighted by Gasteiger charge is -2.23. The van der Waals surface area contributed by atoms with Gasteiger partial charge in [-0.3, -0.25) is 0 Å². The molecular weight excluding hydrogens is 250 g/mol. The molecule has 0 aromatic heterocycles. The summed E-state index contributed by atoms with van der Waals surface area (Å²) in [6.07, 6.45) is 0.633. The number of aliphatic hydroxyl groups is 1. The standard InChI is InChI=1S/C14H20ClNO2/c1-16(8-11-5-6-18-10-11)9-14(17)12-3-2-4-13(15)7-12/h2-4,7,11,14,17H,5-6,8-10H2,1H3. The van der Waals surface area contributed by atoms with Gasteiger partial charge in [0.2, 0.25) is 0 Å². The van der Waals surface area contributed by atoms with Crippen molar-refractivity contribution in [2.24, 2.45) is 5.92 Å². The van der Waals surface area contributed by atoms with Crippen LogP contribution in [0.2, 0.25) is 5.02 Å². The Morgan fingerprint density at radius 2 is 2.39 bits per heavy atom. The summed E-state index contributed by atoms with van der Waals surface area (Å²) in [4.78, 5) is 2.16. The molecule has 0 bridgehead atoms. The van der Waals surface area contributed by atoms with Gasteiger partial charge in [0.05, 0.1) is 12.7 Å². The number of ether oxygens (including phenoxy) is 1. The van der Waals surface area contributed by atoms with Crippen molar-refractivity contribution in [3.63, 3.8) is 0 Å². The zero-order chi connectivity index (χ0) is 13.0. The third kappa shape index (κ3) is 3.95. The van der Waals surface area contributed by atoms with Crippen LogP contribution in [0.4, 0.5) is 0 Å². The summed E-state index contributed by atoms with van der Waals surface area (Å²) in [6, 6.07) is 7.41. The minimum Gasteiger partial charge on any atom is -0.387 e. The molecular formula is C14H20ClNO2. The van der Waals surface area contributed by atoms with Crippen molar-refractivity contribution in [2.75, 3.05) is 33.4 Å². The van der Waals surface area contributed by atoms with Gasteiger partial charge in [-0.05, 0) is 37.1 Å². The second-order valence-corrected chi connectivity index (χ2v) is 5.46. The van der Waals surface area contributed by atoms with Crippen LogP contribution in [0.5, 0.6) is 0 Å². The minimum atomic E-state index is -0.490. The van der Waals surface area contributed by atoms with Crippen molar-refractivity contribution in [1.29, 1.82) is 0 Å². The van der Waals surface area contributed by atoms with Crippen molar-refractivity contribution in [1.82, 2.24) is 4.90 Å². The molecule has 1 aliphatic heterocycles. The fourth-order valence-corrected chi connectivity index (χ4v) is 2.56. The molecule has 2 rings (SSSR count). The molecule has 100 valence electrons. The first-order chi connectivity index (χ1) is 8.65. The number of nitrogens with zero attached hydrogens (tertiary/aromatic N) is 1. The van der Waals surface area contributed by atoms with E-state index in [0.29, 0.717) is 17.5 Å². The van der Waals surface area contributed by atoms with Crippen LogP contribution in [-0.4, -0.2) is 43.4 Å². The number of aliphatic hydroxyl groups excluding tert-OH is 1. The van der Waals surface area contributed by atoms with E-state index in [-0.39, 0.29) is 0 Å². The monoisotopic (exact) mass is 269 g/mol. The Balaban J connectivity index is 1.84. The second kappa shape index (κ2) is 6.53. The molecule has 1 saturated heterocycles. The molecule has 18 heavy (non-hydrogen) atoms. The van der Waals surface area contributed by atoms with Crippen molar-refractivity contribution < 1.29 is 9.84 Å². The number of benzene rings is 1. The Bertz CT molecular complexity index is 380. The van der Waals surface area contributed by atoms with Crippen LogP contribution < -0.4 is 0 Å². The Labute approximate surface area is 113 Å². The average Bonchev–Trinajstić information content (AvgIpc) is 2.81. The molecule has 2 atom stereocenters. The zero-order valence-corrected chi connectivity index (χ0v) is 11.4. The molecule has 0 radical (unpaired) electrons. The van der Waals surface area contributed by atoms with E-state index in [2.05, 4.69) is 4.90 Å². The van der Waals surface area contributed by atoms with Crippen LogP contribution in [0.15, 0.2) is 24.3 Å². The van der Waals surface area contributed by atoms with Gasteiger partial charge in [0.1, 0.15) is 0 Å². The highest BCUT2D eigenvalue weighted by atomic mass is 35.5. The van der Waals surface area contributed by atoms with Crippen LogP contribution in [0, 0.1) is 5.92 Å². The van der Waals surface area contributed by atoms with Crippen molar-refractivity contribution >= 4 is 11.6 Å². The summed E-state index contributed by atoms with van der Waals surface area (Å²) in [6.45, 7) is 3.31. The van der Waals surface area contributed by atoms with E-state index in [1.165, 1.54) is 0 Å². The second-order valence-electron chi connectivity index (χ2n) is 5.02. The number of halogens is 1. The molecule has 1 heterocycles. The maximum atomic E-state index is 10.2. The van der Waals surface area contributed by atoms with Crippen LogP contribution in [-0.2, 0) is 4.74 Å². The highest BCUT2D eigenvalue weighted by Gasteiger charge is 2.19. The first kappa shape index (κ1) is 13.8. The molecule has 1 aromatic carbocycles. The molecule has 4 heteroatoms. The molecule has 0 spiro atoms. The van der Waals surface area contributed by atoms with Gasteiger partial charge in [-0.1, -0.05) is 23.7 Å². The summed E-state index contributed by atoms with van der Waals surface area (Å²) in [5.74, 6) is 0.599. The number of likely N-dealkylation sites (N-methyl/N-ethyl adjacent to an activating group) is 1. The van der Waals surface area contributed by atoms with Gasteiger partial charge in [0.25, 0.3) is 0 Å². The summed E-state index contributed by atoms with van der Waals surface area (Å²) in [5.41, 5.74) is 0.872. The molecule has 1 fully saturated rings. The van der Waals surface area contributed by atoms with Gasteiger partial charge in [-0.2, -0.15) is 0 Å². The minimum absolute atomic E-state index is 0.490. The smallest absolute Gasteiger partial charge is 0.0917 e. The van der Waals surface area contributed by atoms with Crippen LogP contribution in [0.25, 0.3) is 0 Å². The first-order valence-corrected chi connectivity index (χ1v) is 6.73. The van der Waals surface area contributed by atoms with Crippen LogP contribution in [0.3, 0.4) is 0 Å². The fraction of sp³-hybridized carbons (Fsp3) is 0.571. The summed E-state index contributed by atoms with van der Waals surface area (Å²) in [7, 11) is 2.03. The predicted molar refractivity (Wildman–Crippen MR) is 72.8 cm³/mol. The van der Waals surface area contributed by atoms with E-state index in [1.807, 2.05) is 31.3 Å². The van der Waals surface area contributed by atoms with Gasteiger partial charge in [0.15, 0.2) is 0 Å². The van der Waals surface area contributed by atoms with E-state index in [1.54, 1.807) is 0 Å². The summed E-state index contributed by atoms with van der Waals surface area (Å²) >= 11 is 5.92. The van der Waals surface area contributed by atoms with Gasteiger partial charge < -0.3 is 14.7 Å². The number of rotatable bonds is 5. The molecule has 1 aliphatic rings. The molecule has 1 aromatic rings. The predicted octanol–water partition coefficient (Wildman–Crippen LogP) is 2.34. The molecule has 0 saturated carbocycles. The van der Waals surface area contributed by atoms with E-state index < -0.39 is 6.10 Å². The topological polar surface area (TPSA) is 32.7 Å².